The van der Waals surface area contributed by atoms with E-state index in [1.54, 1.807) is 42.5 Å². The van der Waals surface area contributed by atoms with E-state index in [1.165, 1.54) is 0 Å². The summed E-state index contributed by atoms with van der Waals surface area (Å²) in [5.74, 6) is -3.31. The van der Waals surface area contributed by atoms with Crippen LogP contribution in [-0.2, 0) is 0 Å². The molecule has 0 unspecified atom stereocenters. The van der Waals surface area contributed by atoms with E-state index in [-0.39, 0.29) is 0 Å². The van der Waals surface area contributed by atoms with Gasteiger partial charge in [-0.05, 0) is 54.6 Å². The van der Waals surface area contributed by atoms with Gasteiger partial charge in [0.1, 0.15) is 17.2 Å². The number of halogens is 4. The van der Waals surface area contributed by atoms with Crippen molar-refractivity contribution < 1.29 is 18.4 Å². The molecule has 0 aliphatic carbocycles. The molecule has 0 radical (unpaired) electrons. The molecule has 29 heavy (non-hydrogen) atoms. The third-order valence-corrected chi connectivity index (χ3v) is 4.15. The van der Waals surface area contributed by atoms with E-state index in [0.29, 0.717) is 27.1 Å². The van der Waals surface area contributed by atoms with Gasteiger partial charge in [-0.3, -0.25) is 10.1 Å². The first-order valence-corrected chi connectivity index (χ1v) is 8.97. The lowest BCUT2D eigenvalue weighted by Gasteiger charge is -2.10. The molecule has 0 aromatic heterocycles. The number of carbonyl (C=O) groups excluding carboxylic acids is 2. The van der Waals surface area contributed by atoms with Crippen LogP contribution in [-0.4, -0.2) is 11.9 Å². The van der Waals surface area contributed by atoms with Crippen LogP contribution in [0, 0.1) is 11.6 Å². The molecule has 0 spiro atoms. The fraction of sp³-hybridized carbons (Fsp3) is 0. The van der Waals surface area contributed by atoms with Gasteiger partial charge in [-0.1, -0.05) is 29.3 Å². The molecular weight excluding hydrogens is 423 g/mol. The topological polar surface area (TPSA) is 70.2 Å². The van der Waals surface area contributed by atoms with Gasteiger partial charge >= 0.3 is 6.03 Å². The summed E-state index contributed by atoms with van der Waals surface area (Å²) < 4.78 is 27.2. The van der Waals surface area contributed by atoms with Gasteiger partial charge in [0.25, 0.3) is 5.91 Å². The zero-order valence-electron chi connectivity index (χ0n) is 14.6. The molecule has 3 aromatic carbocycles. The van der Waals surface area contributed by atoms with Crippen molar-refractivity contribution in [1.29, 1.82) is 0 Å². The van der Waals surface area contributed by atoms with Crippen LogP contribution in [0.15, 0.2) is 60.7 Å². The average Bonchev–Trinajstić information content (AvgIpc) is 2.62. The SMILES string of the molecule is O=C(NC(=O)c1c(F)cccc1F)Nc1ccc(Nc2cc(Cl)cc(Cl)c2)cc1. The molecule has 148 valence electrons. The Labute approximate surface area is 174 Å². The van der Waals surface area contributed by atoms with Crippen LogP contribution in [0.3, 0.4) is 0 Å². The Morgan fingerprint density at radius 3 is 1.90 bits per heavy atom. The van der Waals surface area contributed by atoms with Crippen molar-refractivity contribution in [3.8, 4) is 0 Å². The van der Waals surface area contributed by atoms with Gasteiger partial charge in [0.2, 0.25) is 0 Å². The number of rotatable bonds is 4. The minimum atomic E-state index is -1.19. The lowest BCUT2D eigenvalue weighted by Crippen LogP contribution is -2.35. The van der Waals surface area contributed by atoms with Crippen molar-refractivity contribution in [3.05, 3.63) is 87.9 Å². The summed E-state index contributed by atoms with van der Waals surface area (Å²) >= 11 is 11.9. The van der Waals surface area contributed by atoms with E-state index in [2.05, 4.69) is 10.6 Å². The fourth-order valence-corrected chi connectivity index (χ4v) is 3.00. The number of carbonyl (C=O) groups is 2. The molecule has 3 aromatic rings. The van der Waals surface area contributed by atoms with Crippen LogP contribution in [0.1, 0.15) is 10.4 Å². The summed E-state index contributed by atoms with van der Waals surface area (Å²) in [5, 5.41) is 8.34. The van der Waals surface area contributed by atoms with Gasteiger partial charge < -0.3 is 10.6 Å². The first-order valence-electron chi connectivity index (χ1n) is 8.21. The van der Waals surface area contributed by atoms with Gasteiger partial charge in [0, 0.05) is 27.1 Å². The second kappa shape index (κ2) is 8.89. The number of hydrogen-bond donors (Lipinski definition) is 3. The predicted octanol–water partition coefficient (Wildman–Crippen LogP) is 5.98. The van der Waals surface area contributed by atoms with Crippen LogP contribution >= 0.6 is 23.2 Å². The van der Waals surface area contributed by atoms with Crippen LogP contribution in [0.25, 0.3) is 0 Å². The molecule has 0 aliphatic heterocycles. The Morgan fingerprint density at radius 2 is 1.31 bits per heavy atom. The smallest absolute Gasteiger partial charge is 0.326 e. The summed E-state index contributed by atoms with van der Waals surface area (Å²) in [7, 11) is 0. The number of nitrogens with one attached hydrogen (secondary N) is 3. The standard InChI is InChI=1S/C20H13Cl2F2N3O2/c21-11-8-12(22)10-15(9-11)25-13-4-6-14(7-5-13)26-20(29)27-19(28)18-16(23)2-1-3-17(18)24/h1-10,25H,(H2,26,27,28,29). The lowest BCUT2D eigenvalue weighted by molar-refractivity contribution is 0.0959. The van der Waals surface area contributed by atoms with Crippen molar-refractivity contribution in [1.82, 2.24) is 5.32 Å². The highest BCUT2D eigenvalue weighted by molar-refractivity contribution is 6.35. The highest BCUT2D eigenvalue weighted by Crippen LogP contribution is 2.26. The summed E-state index contributed by atoms with van der Waals surface area (Å²) in [5.41, 5.74) is 0.902. The maximum atomic E-state index is 13.6. The quantitative estimate of drug-likeness (QED) is 0.472. The maximum absolute atomic E-state index is 13.6. The Hall–Kier alpha value is -3.16. The van der Waals surface area contributed by atoms with Gasteiger partial charge in [-0.25, -0.2) is 13.6 Å². The normalized spacial score (nSPS) is 10.3. The zero-order chi connectivity index (χ0) is 21.0. The van der Waals surface area contributed by atoms with E-state index in [9.17, 15) is 18.4 Å². The molecule has 9 heteroatoms. The third kappa shape index (κ3) is 5.43. The first-order chi connectivity index (χ1) is 13.8. The van der Waals surface area contributed by atoms with Crippen molar-refractivity contribution in [2.45, 2.75) is 0 Å². The number of urea groups is 1. The van der Waals surface area contributed by atoms with Crippen LogP contribution in [0.5, 0.6) is 0 Å². The van der Waals surface area contributed by atoms with Gasteiger partial charge in [0.15, 0.2) is 0 Å². The number of imide groups is 1. The molecule has 0 fully saturated rings. The second-order valence-corrected chi connectivity index (χ2v) is 6.74. The lowest BCUT2D eigenvalue weighted by atomic mass is 10.2. The molecular formula is C20H13Cl2F2N3O2. The molecule has 0 bridgehead atoms. The minimum Gasteiger partial charge on any atom is -0.355 e. The summed E-state index contributed by atoms with van der Waals surface area (Å²) in [4.78, 5) is 23.9. The number of hydrogen-bond acceptors (Lipinski definition) is 3. The maximum Gasteiger partial charge on any atom is 0.326 e. The van der Waals surface area contributed by atoms with Crippen LogP contribution in [0.4, 0.5) is 30.6 Å². The van der Waals surface area contributed by atoms with Crippen molar-refractivity contribution in [3.63, 3.8) is 0 Å². The Morgan fingerprint density at radius 1 is 0.759 bits per heavy atom. The number of amides is 3. The Bertz CT molecular complexity index is 1040. The molecule has 0 saturated heterocycles. The highest BCUT2D eigenvalue weighted by Gasteiger charge is 2.19. The molecule has 3 rings (SSSR count). The predicted molar refractivity (Wildman–Crippen MR) is 109 cm³/mol. The molecule has 3 amide bonds. The molecule has 3 N–H and O–H groups in total. The summed E-state index contributed by atoms with van der Waals surface area (Å²) in [6, 6.07) is 13.5. The summed E-state index contributed by atoms with van der Waals surface area (Å²) in [6.45, 7) is 0. The average molecular weight is 436 g/mol. The van der Waals surface area contributed by atoms with E-state index in [4.69, 9.17) is 23.2 Å². The molecule has 0 heterocycles. The van der Waals surface area contributed by atoms with Crippen molar-refractivity contribution >= 4 is 52.2 Å². The molecule has 0 aliphatic rings. The van der Waals surface area contributed by atoms with Crippen molar-refractivity contribution in [2.75, 3.05) is 10.6 Å². The van der Waals surface area contributed by atoms with Gasteiger partial charge in [-0.15, -0.1) is 0 Å². The number of benzene rings is 3. The molecule has 0 saturated carbocycles. The fourth-order valence-electron chi connectivity index (χ4n) is 2.47. The van der Waals surface area contributed by atoms with Crippen molar-refractivity contribution in [2.24, 2.45) is 0 Å². The van der Waals surface area contributed by atoms with E-state index in [0.717, 1.165) is 18.2 Å². The summed E-state index contributed by atoms with van der Waals surface area (Å²) in [6.07, 6.45) is 0. The zero-order valence-corrected chi connectivity index (χ0v) is 16.1. The number of anilines is 3. The largest absolute Gasteiger partial charge is 0.355 e. The van der Waals surface area contributed by atoms with Crippen LogP contribution < -0.4 is 16.0 Å². The highest BCUT2D eigenvalue weighted by atomic mass is 35.5. The monoisotopic (exact) mass is 435 g/mol. The van der Waals surface area contributed by atoms with Gasteiger partial charge in [-0.2, -0.15) is 0 Å². The van der Waals surface area contributed by atoms with E-state index < -0.39 is 29.1 Å². The first kappa shape index (κ1) is 20.6. The van der Waals surface area contributed by atoms with Gasteiger partial charge in [0.05, 0.1) is 0 Å². The molecule has 5 nitrogen and oxygen atoms in total. The van der Waals surface area contributed by atoms with E-state index in [1.807, 2.05) is 5.32 Å². The van der Waals surface area contributed by atoms with Crippen LogP contribution in [0.2, 0.25) is 10.0 Å². The Kier molecular flexibility index (Phi) is 6.31. The second-order valence-electron chi connectivity index (χ2n) is 5.87. The minimum absolute atomic E-state index is 0.360. The Balaban J connectivity index is 1.62. The molecule has 0 atom stereocenters. The van der Waals surface area contributed by atoms with E-state index >= 15 is 0 Å². The third-order valence-electron chi connectivity index (χ3n) is 3.71.